The van der Waals surface area contributed by atoms with Crippen LogP contribution in [-0.2, 0) is 9.59 Å². The van der Waals surface area contributed by atoms with E-state index in [-0.39, 0.29) is 23.8 Å². The SMILES string of the molecule is Cc1ccc(OC(=O)C2C3C=CC(C3)C2C(=O)Oc2ccc(C)c(C)c2)cc1C. The van der Waals surface area contributed by atoms with Gasteiger partial charge < -0.3 is 9.47 Å². The second-order valence-corrected chi connectivity index (χ2v) is 8.33. The van der Waals surface area contributed by atoms with Crippen LogP contribution in [0.5, 0.6) is 11.5 Å². The minimum absolute atomic E-state index is 0.0244. The van der Waals surface area contributed by atoms with Gasteiger partial charge in [-0.1, -0.05) is 24.3 Å². The molecular weight excluding hydrogens is 364 g/mol. The Labute approximate surface area is 171 Å². The molecule has 4 unspecified atom stereocenters. The van der Waals surface area contributed by atoms with E-state index in [1.165, 1.54) is 0 Å². The topological polar surface area (TPSA) is 52.6 Å². The Balaban J connectivity index is 1.53. The van der Waals surface area contributed by atoms with E-state index in [1.54, 1.807) is 12.1 Å². The number of hydrogen-bond donors (Lipinski definition) is 0. The first kappa shape index (κ1) is 19.4. The molecule has 4 heteroatoms. The first-order valence-corrected chi connectivity index (χ1v) is 10.1. The average Bonchev–Trinajstić information content (AvgIpc) is 3.29. The largest absolute Gasteiger partial charge is 0.426 e. The molecule has 0 amide bonds. The minimum Gasteiger partial charge on any atom is -0.426 e. The second-order valence-electron chi connectivity index (χ2n) is 8.33. The summed E-state index contributed by atoms with van der Waals surface area (Å²) >= 11 is 0. The molecule has 0 saturated heterocycles. The van der Waals surface area contributed by atoms with Gasteiger partial charge in [0.15, 0.2) is 0 Å². The highest BCUT2D eigenvalue weighted by molar-refractivity contribution is 5.86. The van der Waals surface area contributed by atoms with Gasteiger partial charge in [-0.25, -0.2) is 0 Å². The second kappa shape index (κ2) is 7.51. The zero-order valence-corrected chi connectivity index (χ0v) is 17.3. The number of ether oxygens (including phenoxy) is 2. The van der Waals surface area contributed by atoms with E-state index < -0.39 is 11.8 Å². The molecule has 0 spiro atoms. The Bertz CT molecular complexity index is 924. The molecule has 2 aliphatic rings. The summed E-state index contributed by atoms with van der Waals surface area (Å²) in [7, 11) is 0. The van der Waals surface area contributed by atoms with Crippen molar-refractivity contribution in [3.8, 4) is 11.5 Å². The van der Waals surface area contributed by atoms with Gasteiger partial charge in [-0.3, -0.25) is 9.59 Å². The fraction of sp³-hybridized carbons (Fsp3) is 0.360. The molecule has 0 radical (unpaired) electrons. The number of rotatable bonds is 4. The van der Waals surface area contributed by atoms with Crippen molar-refractivity contribution >= 4 is 11.9 Å². The van der Waals surface area contributed by atoms with E-state index in [9.17, 15) is 9.59 Å². The zero-order chi connectivity index (χ0) is 20.7. The molecule has 0 N–H and O–H groups in total. The third-order valence-electron chi connectivity index (χ3n) is 6.40. The van der Waals surface area contributed by atoms with Crippen molar-refractivity contribution in [2.24, 2.45) is 23.7 Å². The van der Waals surface area contributed by atoms with Crippen LogP contribution in [0.25, 0.3) is 0 Å². The number of aryl methyl sites for hydroxylation is 4. The molecule has 150 valence electrons. The number of esters is 2. The van der Waals surface area contributed by atoms with Gasteiger partial charge in [-0.2, -0.15) is 0 Å². The van der Waals surface area contributed by atoms with E-state index in [4.69, 9.17) is 9.47 Å². The molecule has 2 aromatic carbocycles. The van der Waals surface area contributed by atoms with Crippen LogP contribution in [0.4, 0.5) is 0 Å². The first-order chi connectivity index (χ1) is 13.8. The normalized spacial score (nSPS) is 24.6. The number of hydrogen-bond acceptors (Lipinski definition) is 4. The molecule has 4 rings (SSSR count). The molecule has 2 aliphatic carbocycles. The average molecular weight is 390 g/mol. The molecule has 0 aliphatic heterocycles. The van der Waals surface area contributed by atoms with Gasteiger partial charge in [-0.15, -0.1) is 0 Å². The van der Waals surface area contributed by atoms with Crippen LogP contribution < -0.4 is 9.47 Å². The Morgan fingerprint density at radius 3 is 1.48 bits per heavy atom. The smallest absolute Gasteiger partial charge is 0.315 e. The van der Waals surface area contributed by atoms with Crippen LogP contribution >= 0.6 is 0 Å². The minimum atomic E-state index is -0.509. The van der Waals surface area contributed by atoms with Crippen molar-refractivity contribution in [3.63, 3.8) is 0 Å². The van der Waals surface area contributed by atoms with E-state index in [0.717, 1.165) is 28.7 Å². The molecule has 1 fully saturated rings. The molecular formula is C25H26O4. The Kier molecular flexibility index (Phi) is 5.03. The summed E-state index contributed by atoms with van der Waals surface area (Å²) in [5, 5.41) is 0. The first-order valence-electron chi connectivity index (χ1n) is 10.1. The summed E-state index contributed by atoms with van der Waals surface area (Å²) in [4.78, 5) is 26.0. The lowest BCUT2D eigenvalue weighted by Crippen LogP contribution is -2.37. The third kappa shape index (κ3) is 3.71. The molecule has 0 heterocycles. The van der Waals surface area contributed by atoms with Gasteiger partial charge in [0.1, 0.15) is 11.5 Å². The third-order valence-corrected chi connectivity index (χ3v) is 6.40. The standard InChI is InChI=1S/C25H26O4/c1-14-5-9-20(11-16(14)3)28-24(26)22-18-7-8-19(13-18)23(22)25(27)29-21-10-6-15(2)17(4)12-21/h5-12,18-19,22-23H,13H2,1-4H3. The fourth-order valence-corrected chi connectivity index (χ4v) is 4.39. The van der Waals surface area contributed by atoms with Crippen molar-refractivity contribution in [1.82, 2.24) is 0 Å². The van der Waals surface area contributed by atoms with E-state index in [1.807, 2.05) is 64.1 Å². The predicted molar refractivity (Wildman–Crippen MR) is 111 cm³/mol. The van der Waals surface area contributed by atoms with Gasteiger partial charge in [0.05, 0.1) is 11.8 Å². The number of benzene rings is 2. The highest BCUT2D eigenvalue weighted by Crippen LogP contribution is 2.49. The van der Waals surface area contributed by atoms with Gasteiger partial charge in [0, 0.05) is 0 Å². The van der Waals surface area contributed by atoms with Crippen LogP contribution in [0.1, 0.15) is 28.7 Å². The summed E-state index contributed by atoms with van der Waals surface area (Å²) in [5.41, 5.74) is 4.41. The molecule has 4 nitrogen and oxygen atoms in total. The highest BCUT2D eigenvalue weighted by Gasteiger charge is 2.53. The van der Waals surface area contributed by atoms with Gasteiger partial charge in [0.2, 0.25) is 0 Å². The number of fused-ring (bicyclic) bond motifs is 2. The van der Waals surface area contributed by atoms with Crippen molar-refractivity contribution in [2.45, 2.75) is 34.1 Å². The van der Waals surface area contributed by atoms with Gasteiger partial charge in [-0.05, 0) is 92.5 Å². The highest BCUT2D eigenvalue weighted by atomic mass is 16.5. The van der Waals surface area contributed by atoms with Crippen LogP contribution in [0, 0.1) is 51.4 Å². The Hall–Kier alpha value is -2.88. The van der Waals surface area contributed by atoms with Crippen LogP contribution in [-0.4, -0.2) is 11.9 Å². The van der Waals surface area contributed by atoms with Crippen LogP contribution in [0.3, 0.4) is 0 Å². The summed E-state index contributed by atoms with van der Waals surface area (Å²) in [5.74, 6) is -0.638. The number of carbonyl (C=O) groups excluding carboxylic acids is 2. The van der Waals surface area contributed by atoms with E-state index in [2.05, 4.69) is 0 Å². The van der Waals surface area contributed by atoms with Crippen LogP contribution in [0.15, 0.2) is 48.6 Å². The lowest BCUT2D eigenvalue weighted by Gasteiger charge is -2.25. The lowest BCUT2D eigenvalue weighted by atomic mass is 9.83. The summed E-state index contributed by atoms with van der Waals surface area (Å²) < 4.78 is 11.3. The monoisotopic (exact) mass is 390 g/mol. The molecule has 0 aromatic heterocycles. The van der Waals surface area contributed by atoms with E-state index >= 15 is 0 Å². The number of allylic oxidation sites excluding steroid dienone is 2. The quantitative estimate of drug-likeness (QED) is 0.425. The van der Waals surface area contributed by atoms with Gasteiger partial charge >= 0.3 is 11.9 Å². The van der Waals surface area contributed by atoms with Gasteiger partial charge in [0.25, 0.3) is 0 Å². The summed E-state index contributed by atoms with van der Waals surface area (Å²) in [6.45, 7) is 7.99. The van der Waals surface area contributed by atoms with Crippen molar-refractivity contribution in [3.05, 3.63) is 70.8 Å². The lowest BCUT2D eigenvalue weighted by molar-refractivity contribution is -0.151. The molecule has 2 aromatic rings. The van der Waals surface area contributed by atoms with E-state index in [0.29, 0.717) is 11.5 Å². The fourth-order valence-electron chi connectivity index (χ4n) is 4.39. The maximum Gasteiger partial charge on any atom is 0.315 e. The maximum absolute atomic E-state index is 13.0. The van der Waals surface area contributed by atoms with Crippen LogP contribution in [0.2, 0.25) is 0 Å². The number of carbonyl (C=O) groups is 2. The molecule has 2 bridgehead atoms. The Morgan fingerprint density at radius 1 is 0.690 bits per heavy atom. The molecule has 4 atom stereocenters. The van der Waals surface area contributed by atoms with Crippen molar-refractivity contribution in [2.75, 3.05) is 0 Å². The van der Waals surface area contributed by atoms with Crippen molar-refractivity contribution < 1.29 is 19.1 Å². The predicted octanol–water partition coefficient (Wildman–Crippen LogP) is 4.87. The maximum atomic E-state index is 13.0. The molecule has 1 saturated carbocycles. The molecule has 29 heavy (non-hydrogen) atoms. The Morgan fingerprint density at radius 2 is 1.10 bits per heavy atom. The van der Waals surface area contributed by atoms with Crippen molar-refractivity contribution in [1.29, 1.82) is 0 Å². The summed E-state index contributed by atoms with van der Waals surface area (Å²) in [6.07, 6.45) is 4.87. The summed E-state index contributed by atoms with van der Waals surface area (Å²) in [6, 6.07) is 11.2. The zero-order valence-electron chi connectivity index (χ0n) is 17.3.